The number of amides is 2. The molecule has 1 fully saturated rings. The molecule has 0 saturated carbocycles. The van der Waals surface area contributed by atoms with E-state index in [4.69, 9.17) is 4.74 Å². The zero-order valence-corrected chi connectivity index (χ0v) is 12.5. The van der Waals surface area contributed by atoms with Gasteiger partial charge in [0.1, 0.15) is 11.6 Å². The van der Waals surface area contributed by atoms with E-state index in [2.05, 4.69) is 5.32 Å². The quantitative estimate of drug-likeness (QED) is 0.710. The van der Waals surface area contributed by atoms with Crippen LogP contribution in [0, 0.1) is 0 Å². The van der Waals surface area contributed by atoms with Crippen LogP contribution >= 0.6 is 0 Å². The van der Waals surface area contributed by atoms with Gasteiger partial charge in [0, 0.05) is 20.3 Å². The van der Waals surface area contributed by atoms with Gasteiger partial charge in [-0.3, -0.25) is 9.59 Å². The molecule has 0 aromatic carbocycles. The molecule has 2 atom stereocenters. The molecule has 5 nitrogen and oxygen atoms in total. The number of ether oxygens (including phenoxy) is 1. The summed E-state index contributed by atoms with van der Waals surface area (Å²) in [6.07, 6.45) is 3.03. The molecule has 1 aliphatic rings. The summed E-state index contributed by atoms with van der Waals surface area (Å²) in [6.45, 7) is 7.02. The zero-order valence-electron chi connectivity index (χ0n) is 12.5. The van der Waals surface area contributed by atoms with Crippen LogP contribution in [-0.4, -0.2) is 48.6 Å². The highest BCUT2D eigenvalue weighted by molar-refractivity contribution is 5.99. The van der Waals surface area contributed by atoms with E-state index in [1.165, 1.54) is 0 Å². The maximum Gasteiger partial charge on any atom is 0.246 e. The molecule has 5 heteroatoms. The molecule has 0 spiro atoms. The van der Waals surface area contributed by atoms with Crippen LogP contribution in [0.2, 0.25) is 0 Å². The first-order chi connectivity index (χ1) is 9.01. The summed E-state index contributed by atoms with van der Waals surface area (Å²) in [7, 11) is 1.67. The lowest BCUT2D eigenvalue weighted by atomic mass is 9.89. The molecule has 2 amide bonds. The van der Waals surface area contributed by atoms with Crippen LogP contribution in [0.15, 0.2) is 0 Å². The Kier molecular flexibility index (Phi) is 5.79. The minimum Gasteiger partial charge on any atom is -0.385 e. The second-order valence-electron chi connectivity index (χ2n) is 5.25. The molecule has 110 valence electrons. The average Bonchev–Trinajstić information content (AvgIpc) is 2.42. The SMILES string of the molecule is CCC1NC(=O)C(C)(CC)N(CCCCOC)C1=O. The molecule has 19 heavy (non-hydrogen) atoms. The minimum absolute atomic E-state index is 0.0341. The number of hydrogen-bond acceptors (Lipinski definition) is 3. The van der Waals surface area contributed by atoms with E-state index in [0.29, 0.717) is 26.0 Å². The van der Waals surface area contributed by atoms with Gasteiger partial charge in [0.2, 0.25) is 11.8 Å². The van der Waals surface area contributed by atoms with Gasteiger partial charge < -0.3 is 15.0 Å². The van der Waals surface area contributed by atoms with Crippen LogP contribution < -0.4 is 5.32 Å². The Labute approximate surface area is 115 Å². The predicted octanol–water partition coefficient (Wildman–Crippen LogP) is 1.32. The van der Waals surface area contributed by atoms with E-state index in [0.717, 1.165) is 12.8 Å². The van der Waals surface area contributed by atoms with Crippen LogP contribution in [0.1, 0.15) is 46.5 Å². The van der Waals surface area contributed by atoms with Gasteiger partial charge in [-0.2, -0.15) is 0 Å². The molecular weight excluding hydrogens is 244 g/mol. The van der Waals surface area contributed by atoms with Gasteiger partial charge >= 0.3 is 0 Å². The van der Waals surface area contributed by atoms with Crippen LogP contribution in [0.4, 0.5) is 0 Å². The van der Waals surface area contributed by atoms with E-state index in [1.807, 2.05) is 20.8 Å². The number of carbonyl (C=O) groups is 2. The second-order valence-corrected chi connectivity index (χ2v) is 5.25. The fraction of sp³-hybridized carbons (Fsp3) is 0.857. The summed E-state index contributed by atoms with van der Waals surface area (Å²) < 4.78 is 5.02. The number of nitrogens with one attached hydrogen (secondary N) is 1. The third-order valence-corrected chi connectivity index (χ3v) is 4.03. The highest BCUT2D eigenvalue weighted by atomic mass is 16.5. The number of unbranched alkanes of at least 4 members (excludes halogenated alkanes) is 1. The van der Waals surface area contributed by atoms with Crippen molar-refractivity contribution in [1.29, 1.82) is 0 Å². The third kappa shape index (κ3) is 3.26. The molecule has 1 saturated heterocycles. The van der Waals surface area contributed by atoms with Gasteiger partial charge in [-0.15, -0.1) is 0 Å². The molecule has 0 aliphatic carbocycles. The van der Waals surface area contributed by atoms with Crippen LogP contribution in [0.5, 0.6) is 0 Å². The monoisotopic (exact) mass is 270 g/mol. The van der Waals surface area contributed by atoms with Crippen molar-refractivity contribution in [3.63, 3.8) is 0 Å². The van der Waals surface area contributed by atoms with Gasteiger partial charge in [-0.25, -0.2) is 0 Å². The van der Waals surface area contributed by atoms with Gasteiger partial charge in [-0.05, 0) is 32.6 Å². The minimum atomic E-state index is -0.712. The summed E-state index contributed by atoms with van der Waals surface area (Å²) in [5.41, 5.74) is -0.712. The average molecular weight is 270 g/mol. The highest BCUT2D eigenvalue weighted by Crippen LogP contribution is 2.26. The highest BCUT2D eigenvalue weighted by Gasteiger charge is 2.47. The number of hydrogen-bond donors (Lipinski definition) is 1. The zero-order chi connectivity index (χ0) is 14.5. The lowest BCUT2D eigenvalue weighted by molar-refractivity contribution is -0.156. The summed E-state index contributed by atoms with van der Waals surface area (Å²) in [5, 5.41) is 2.83. The third-order valence-electron chi connectivity index (χ3n) is 4.03. The van der Waals surface area contributed by atoms with E-state index in [-0.39, 0.29) is 17.9 Å². The Hall–Kier alpha value is -1.10. The Balaban J connectivity index is 2.78. The first-order valence-corrected chi connectivity index (χ1v) is 7.12. The number of rotatable bonds is 7. The molecule has 0 aromatic rings. The number of methoxy groups -OCH3 is 1. The normalized spacial score (nSPS) is 27.6. The van der Waals surface area contributed by atoms with E-state index in [1.54, 1.807) is 12.0 Å². The topological polar surface area (TPSA) is 58.6 Å². The molecule has 0 bridgehead atoms. The van der Waals surface area contributed by atoms with Gasteiger partial charge in [0.05, 0.1) is 0 Å². The fourth-order valence-electron chi connectivity index (χ4n) is 2.43. The van der Waals surface area contributed by atoms with Crippen molar-refractivity contribution >= 4 is 11.8 Å². The largest absolute Gasteiger partial charge is 0.385 e. The Morgan fingerprint density at radius 2 is 2.00 bits per heavy atom. The van der Waals surface area contributed by atoms with E-state index >= 15 is 0 Å². The summed E-state index contributed by atoms with van der Waals surface area (Å²) in [6, 6.07) is -0.366. The second kappa shape index (κ2) is 6.89. The van der Waals surface area contributed by atoms with Crippen molar-refractivity contribution in [3.8, 4) is 0 Å². The summed E-state index contributed by atoms with van der Waals surface area (Å²) in [5.74, 6) is 0.0112. The maximum atomic E-state index is 12.4. The van der Waals surface area contributed by atoms with Crippen molar-refractivity contribution in [2.24, 2.45) is 0 Å². The first kappa shape index (κ1) is 16.0. The Morgan fingerprint density at radius 3 is 2.53 bits per heavy atom. The van der Waals surface area contributed by atoms with Crippen LogP contribution in [-0.2, 0) is 14.3 Å². The van der Waals surface area contributed by atoms with Crippen molar-refractivity contribution < 1.29 is 14.3 Å². The van der Waals surface area contributed by atoms with Crippen molar-refractivity contribution in [2.75, 3.05) is 20.3 Å². The molecular formula is C14H26N2O3. The standard InChI is InChI=1S/C14H26N2O3/c1-5-11-12(17)16(9-7-8-10-19-4)14(3,6-2)13(18)15-11/h11H,5-10H2,1-4H3,(H,15,18). The summed E-state index contributed by atoms with van der Waals surface area (Å²) >= 11 is 0. The van der Waals surface area contributed by atoms with Gasteiger partial charge in [-0.1, -0.05) is 13.8 Å². The lowest BCUT2D eigenvalue weighted by Gasteiger charge is -2.46. The van der Waals surface area contributed by atoms with E-state index in [9.17, 15) is 9.59 Å². The van der Waals surface area contributed by atoms with Crippen molar-refractivity contribution in [2.45, 2.75) is 58.0 Å². The first-order valence-electron chi connectivity index (χ1n) is 7.12. The Morgan fingerprint density at radius 1 is 1.32 bits per heavy atom. The maximum absolute atomic E-state index is 12.4. The number of carbonyl (C=O) groups excluding carboxylic acids is 2. The van der Waals surface area contributed by atoms with E-state index < -0.39 is 5.54 Å². The number of nitrogens with zero attached hydrogens (tertiary/aromatic N) is 1. The molecule has 0 radical (unpaired) electrons. The summed E-state index contributed by atoms with van der Waals surface area (Å²) in [4.78, 5) is 26.4. The van der Waals surface area contributed by atoms with Crippen LogP contribution in [0.25, 0.3) is 0 Å². The molecule has 1 N–H and O–H groups in total. The van der Waals surface area contributed by atoms with Crippen molar-refractivity contribution in [1.82, 2.24) is 10.2 Å². The smallest absolute Gasteiger partial charge is 0.246 e. The molecule has 1 heterocycles. The number of piperazine rings is 1. The lowest BCUT2D eigenvalue weighted by Crippen LogP contribution is -2.69. The molecule has 0 aromatic heterocycles. The fourth-order valence-corrected chi connectivity index (χ4v) is 2.43. The molecule has 1 rings (SSSR count). The van der Waals surface area contributed by atoms with Crippen molar-refractivity contribution in [3.05, 3.63) is 0 Å². The predicted molar refractivity (Wildman–Crippen MR) is 73.7 cm³/mol. The van der Waals surface area contributed by atoms with Crippen LogP contribution in [0.3, 0.4) is 0 Å². The molecule has 2 unspecified atom stereocenters. The molecule has 1 aliphatic heterocycles. The Bertz CT molecular complexity index is 333. The van der Waals surface area contributed by atoms with Gasteiger partial charge in [0.15, 0.2) is 0 Å². The van der Waals surface area contributed by atoms with Gasteiger partial charge in [0.25, 0.3) is 0 Å².